The van der Waals surface area contributed by atoms with Crippen LogP contribution in [0, 0.1) is 0 Å². The minimum absolute atomic E-state index is 0.0105. The summed E-state index contributed by atoms with van der Waals surface area (Å²) in [5.74, 6) is 0.189. The molecule has 1 unspecified atom stereocenters. The van der Waals surface area contributed by atoms with E-state index in [2.05, 4.69) is 46.4 Å². The van der Waals surface area contributed by atoms with Gasteiger partial charge in [-0.3, -0.25) is 4.79 Å². The van der Waals surface area contributed by atoms with Crippen molar-refractivity contribution in [2.24, 2.45) is 0 Å². The van der Waals surface area contributed by atoms with E-state index in [9.17, 15) is 9.90 Å². The van der Waals surface area contributed by atoms with Gasteiger partial charge in [-0.25, -0.2) is 0 Å². The molecule has 0 fully saturated rings. The minimum Gasteiger partial charge on any atom is -0.508 e. The van der Waals surface area contributed by atoms with Gasteiger partial charge in [0.2, 0.25) is 5.91 Å². The van der Waals surface area contributed by atoms with E-state index < -0.39 is 0 Å². The van der Waals surface area contributed by atoms with Crippen LogP contribution in [0.2, 0.25) is 0 Å². The molecule has 2 heterocycles. The molecule has 1 aliphatic heterocycles. The molecule has 1 aliphatic rings. The molecule has 28 heavy (non-hydrogen) atoms. The van der Waals surface area contributed by atoms with Crippen molar-refractivity contribution < 1.29 is 9.90 Å². The number of hydrogen-bond donors (Lipinski definition) is 2. The predicted octanol–water partition coefficient (Wildman–Crippen LogP) is 4.87. The molecule has 3 aromatic carbocycles. The largest absolute Gasteiger partial charge is 0.508 e. The van der Waals surface area contributed by atoms with Crippen LogP contribution in [0.1, 0.15) is 29.0 Å². The molecule has 4 nitrogen and oxygen atoms in total. The number of amides is 1. The van der Waals surface area contributed by atoms with Crippen LogP contribution in [-0.4, -0.2) is 15.6 Å². The molecule has 2 N–H and O–H groups in total. The highest BCUT2D eigenvalue weighted by atomic mass is 16.3. The molecule has 0 aliphatic carbocycles. The third-order valence-electron chi connectivity index (χ3n) is 5.47. The third-order valence-corrected chi connectivity index (χ3v) is 5.47. The number of phenols is 1. The van der Waals surface area contributed by atoms with Gasteiger partial charge in [0.1, 0.15) is 5.75 Å². The zero-order valence-corrected chi connectivity index (χ0v) is 15.3. The fraction of sp³-hybridized carbons (Fsp3) is 0.125. The van der Waals surface area contributed by atoms with Gasteiger partial charge in [0.25, 0.3) is 0 Å². The lowest BCUT2D eigenvalue weighted by atomic mass is 9.88. The highest BCUT2D eigenvalue weighted by molar-refractivity contribution is 6.06. The van der Waals surface area contributed by atoms with Crippen LogP contribution >= 0.6 is 0 Å². The first-order valence-electron chi connectivity index (χ1n) is 9.43. The average molecular weight is 368 g/mol. The second kappa shape index (κ2) is 6.57. The highest BCUT2D eigenvalue weighted by Crippen LogP contribution is 2.41. The molecule has 0 bridgehead atoms. The maximum Gasteiger partial charge on any atom is 0.225 e. The smallest absolute Gasteiger partial charge is 0.225 e. The fourth-order valence-electron chi connectivity index (χ4n) is 4.16. The average Bonchev–Trinajstić information content (AvgIpc) is 2.99. The van der Waals surface area contributed by atoms with E-state index in [0.717, 1.165) is 34.3 Å². The van der Waals surface area contributed by atoms with Gasteiger partial charge < -0.3 is 15.0 Å². The lowest BCUT2D eigenvalue weighted by molar-refractivity contribution is -0.116. The molecule has 0 saturated heterocycles. The Morgan fingerprint density at radius 1 is 0.964 bits per heavy atom. The monoisotopic (exact) mass is 368 g/mol. The lowest BCUT2D eigenvalue weighted by Gasteiger charge is -2.14. The van der Waals surface area contributed by atoms with Crippen molar-refractivity contribution in [3.63, 3.8) is 0 Å². The van der Waals surface area contributed by atoms with Crippen LogP contribution < -0.4 is 5.32 Å². The number of carbonyl (C=O) groups excluding carboxylic acids is 1. The van der Waals surface area contributed by atoms with E-state index in [1.165, 1.54) is 5.56 Å². The summed E-state index contributed by atoms with van der Waals surface area (Å²) in [4.78, 5) is 12.5. The molecule has 4 aromatic rings. The summed E-state index contributed by atoms with van der Waals surface area (Å²) in [6.07, 6.45) is 2.56. The van der Waals surface area contributed by atoms with Crippen molar-refractivity contribution in [1.82, 2.24) is 4.57 Å². The SMILES string of the molecule is O=C1CC(c2ccc(O)cc2)c2cn(Cc3ccccc3)c3cccc(c23)N1. The molecule has 0 spiro atoms. The molecule has 4 heteroatoms. The Hall–Kier alpha value is -3.53. The Morgan fingerprint density at radius 2 is 1.75 bits per heavy atom. The summed E-state index contributed by atoms with van der Waals surface area (Å²) in [5, 5.41) is 13.8. The van der Waals surface area contributed by atoms with Crippen molar-refractivity contribution in [2.75, 3.05) is 5.32 Å². The summed E-state index contributed by atoms with van der Waals surface area (Å²) in [6, 6.07) is 23.6. The highest BCUT2D eigenvalue weighted by Gasteiger charge is 2.27. The molecular formula is C24H20N2O2. The van der Waals surface area contributed by atoms with E-state index in [-0.39, 0.29) is 17.6 Å². The van der Waals surface area contributed by atoms with Crippen molar-refractivity contribution in [3.8, 4) is 5.75 Å². The molecule has 0 saturated carbocycles. The number of aromatic hydroxyl groups is 1. The summed E-state index contributed by atoms with van der Waals surface area (Å²) in [7, 11) is 0. The molecule has 0 radical (unpaired) electrons. The van der Waals surface area contributed by atoms with Crippen molar-refractivity contribution in [2.45, 2.75) is 18.9 Å². The number of phenolic OH excluding ortho intramolecular Hbond substituents is 1. The maximum absolute atomic E-state index is 12.5. The van der Waals surface area contributed by atoms with Gasteiger partial charge in [0.15, 0.2) is 0 Å². The van der Waals surface area contributed by atoms with Gasteiger partial charge in [-0.1, -0.05) is 48.5 Å². The summed E-state index contributed by atoms with van der Waals surface area (Å²) >= 11 is 0. The zero-order valence-electron chi connectivity index (χ0n) is 15.3. The quantitative estimate of drug-likeness (QED) is 0.542. The van der Waals surface area contributed by atoms with E-state index in [4.69, 9.17) is 0 Å². The molecule has 138 valence electrons. The van der Waals surface area contributed by atoms with E-state index in [0.29, 0.717) is 6.42 Å². The molecule has 1 amide bonds. The van der Waals surface area contributed by atoms with Gasteiger partial charge >= 0.3 is 0 Å². The lowest BCUT2D eigenvalue weighted by Crippen LogP contribution is -2.13. The van der Waals surface area contributed by atoms with Crippen LogP contribution in [0.15, 0.2) is 79.0 Å². The number of nitrogens with one attached hydrogen (secondary N) is 1. The van der Waals surface area contributed by atoms with Gasteiger partial charge in [-0.05, 0) is 41.0 Å². The normalized spacial score (nSPS) is 16.0. The first-order valence-corrected chi connectivity index (χ1v) is 9.43. The first-order chi connectivity index (χ1) is 13.7. The second-order valence-electron chi connectivity index (χ2n) is 7.29. The first kappa shape index (κ1) is 16.6. The number of anilines is 1. The summed E-state index contributed by atoms with van der Waals surface area (Å²) in [5.41, 5.74) is 5.39. The van der Waals surface area contributed by atoms with Crippen LogP contribution in [0.25, 0.3) is 10.9 Å². The minimum atomic E-state index is -0.0521. The Morgan fingerprint density at radius 3 is 2.54 bits per heavy atom. The number of nitrogens with zero attached hydrogens (tertiary/aromatic N) is 1. The van der Waals surface area contributed by atoms with E-state index in [1.807, 2.05) is 30.3 Å². The zero-order chi connectivity index (χ0) is 19.1. The summed E-state index contributed by atoms with van der Waals surface area (Å²) < 4.78 is 2.26. The van der Waals surface area contributed by atoms with Gasteiger partial charge in [0.05, 0.1) is 11.2 Å². The molecular weight excluding hydrogens is 348 g/mol. The number of benzene rings is 3. The topological polar surface area (TPSA) is 54.3 Å². The van der Waals surface area contributed by atoms with Gasteiger partial charge in [-0.2, -0.15) is 0 Å². The van der Waals surface area contributed by atoms with Gasteiger partial charge in [0, 0.05) is 30.5 Å². The van der Waals surface area contributed by atoms with Crippen molar-refractivity contribution in [3.05, 3.63) is 95.7 Å². The van der Waals surface area contributed by atoms with Crippen LogP contribution in [0.5, 0.6) is 5.75 Å². The standard InChI is InChI=1S/C24H20N2O2/c27-18-11-9-17(10-12-18)19-13-23(28)25-21-7-4-8-22-24(21)20(19)15-26(22)14-16-5-2-1-3-6-16/h1-12,15,19,27H,13-14H2,(H,25,28). The number of aromatic nitrogens is 1. The number of rotatable bonds is 3. The Bertz CT molecular complexity index is 1160. The third kappa shape index (κ3) is 2.83. The summed E-state index contributed by atoms with van der Waals surface area (Å²) in [6.45, 7) is 0.775. The van der Waals surface area contributed by atoms with Crippen molar-refractivity contribution >= 4 is 22.5 Å². The predicted molar refractivity (Wildman–Crippen MR) is 111 cm³/mol. The fourth-order valence-corrected chi connectivity index (χ4v) is 4.16. The van der Waals surface area contributed by atoms with Gasteiger partial charge in [-0.15, -0.1) is 0 Å². The Kier molecular flexibility index (Phi) is 3.90. The maximum atomic E-state index is 12.5. The van der Waals surface area contributed by atoms with Crippen LogP contribution in [0.3, 0.4) is 0 Å². The molecule has 1 aromatic heterocycles. The number of carbonyl (C=O) groups is 1. The Labute approximate surface area is 163 Å². The van der Waals surface area contributed by atoms with E-state index >= 15 is 0 Å². The van der Waals surface area contributed by atoms with Crippen LogP contribution in [0.4, 0.5) is 5.69 Å². The van der Waals surface area contributed by atoms with Crippen LogP contribution in [-0.2, 0) is 11.3 Å². The Balaban J connectivity index is 1.69. The molecule has 1 atom stereocenters. The number of hydrogen-bond acceptors (Lipinski definition) is 2. The second-order valence-corrected chi connectivity index (χ2v) is 7.29. The van der Waals surface area contributed by atoms with E-state index in [1.54, 1.807) is 12.1 Å². The molecule has 5 rings (SSSR count). The van der Waals surface area contributed by atoms with Crippen molar-refractivity contribution in [1.29, 1.82) is 0 Å².